The third kappa shape index (κ3) is 5.74. The van der Waals surface area contributed by atoms with Gasteiger partial charge in [0, 0.05) is 24.5 Å². The third-order valence-corrected chi connectivity index (χ3v) is 4.50. The van der Waals surface area contributed by atoms with Crippen molar-refractivity contribution in [3.05, 3.63) is 39.9 Å². The average Bonchev–Trinajstić information content (AvgIpc) is 3.11. The summed E-state index contributed by atoms with van der Waals surface area (Å²) in [5.41, 5.74) is 0.111. The van der Waals surface area contributed by atoms with Crippen molar-refractivity contribution in [2.75, 3.05) is 6.61 Å². The van der Waals surface area contributed by atoms with Crippen LogP contribution in [0.1, 0.15) is 37.7 Å². The molecule has 0 spiro atoms. The highest BCUT2D eigenvalue weighted by molar-refractivity contribution is 5.93. The maximum absolute atomic E-state index is 12.4. The van der Waals surface area contributed by atoms with Gasteiger partial charge in [-0.3, -0.25) is 24.5 Å². The maximum Gasteiger partial charge on any atom is 0.326 e. The number of carboxylic acids is 1. The quantitative estimate of drug-likeness (QED) is 0.302. The number of nitro benzene ring substituents is 1. The summed E-state index contributed by atoms with van der Waals surface area (Å²) in [6.45, 7) is 1.68. The lowest BCUT2D eigenvalue weighted by Gasteiger charge is -2.26. The summed E-state index contributed by atoms with van der Waals surface area (Å²) in [6.07, 6.45) is 0.0292. The van der Waals surface area contributed by atoms with Crippen LogP contribution < -0.4 is 10.6 Å². The number of nitrogens with one attached hydrogen (secondary N) is 2. The van der Waals surface area contributed by atoms with E-state index in [1.54, 1.807) is 6.92 Å². The first-order chi connectivity index (χ1) is 13.7. The second kappa shape index (κ2) is 9.62. The molecule has 2 rings (SSSR count). The van der Waals surface area contributed by atoms with Gasteiger partial charge in [-0.25, -0.2) is 4.79 Å². The third-order valence-electron chi connectivity index (χ3n) is 4.50. The summed E-state index contributed by atoms with van der Waals surface area (Å²) in [7, 11) is 0. The number of non-ortho nitro benzene ring substituents is 1. The predicted molar refractivity (Wildman–Crippen MR) is 97.8 cm³/mol. The fraction of sp³-hybridized carbons (Fsp3) is 0.444. The van der Waals surface area contributed by atoms with Gasteiger partial charge in [0.05, 0.1) is 18.0 Å². The first-order valence-corrected chi connectivity index (χ1v) is 8.95. The van der Waals surface area contributed by atoms with E-state index in [-0.39, 0.29) is 37.5 Å². The van der Waals surface area contributed by atoms with Gasteiger partial charge in [0.1, 0.15) is 12.1 Å². The molecule has 156 valence electrons. The van der Waals surface area contributed by atoms with Crippen molar-refractivity contribution < 1.29 is 33.9 Å². The van der Waals surface area contributed by atoms with E-state index in [1.165, 1.54) is 24.3 Å². The Bertz CT molecular complexity index is 808. The van der Waals surface area contributed by atoms with Gasteiger partial charge in [-0.15, -0.1) is 0 Å². The molecule has 11 nitrogen and oxygen atoms in total. The Morgan fingerprint density at radius 2 is 2.00 bits per heavy atom. The molecule has 0 saturated carbocycles. The molecule has 0 aromatic heterocycles. The molecular weight excluding hydrogens is 386 g/mol. The normalized spacial score (nSPS) is 17.7. The van der Waals surface area contributed by atoms with Crippen molar-refractivity contribution in [2.24, 2.45) is 0 Å². The van der Waals surface area contributed by atoms with E-state index in [0.29, 0.717) is 5.56 Å². The van der Waals surface area contributed by atoms with Gasteiger partial charge in [0.15, 0.2) is 0 Å². The molecule has 1 fully saturated rings. The van der Waals surface area contributed by atoms with Crippen LogP contribution in [0.4, 0.5) is 5.69 Å². The van der Waals surface area contributed by atoms with Crippen LogP contribution >= 0.6 is 0 Å². The number of aliphatic carboxylic acids is 1. The van der Waals surface area contributed by atoms with Crippen LogP contribution in [0.3, 0.4) is 0 Å². The number of carbonyl (C=O) groups excluding carboxylic acids is 3. The van der Waals surface area contributed by atoms with E-state index in [1.807, 2.05) is 0 Å². The molecule has 1 aliphatic heterocycles. The van der Waals surface area contributed by atoms with Crippen LogP contribution in [-0.2, 0) is 23.9 Å². The zero-order chi connectivity index (χ0) is 21.6. The zero-order valence-electron chi connectivity index (χ0n) is 15.6. The van der Waals surface area contributed by atoms with Crippen molar-refractivity contribution in [1.82, 2.24) is 10.6 Å². The Hall–Kier alpha value is -3.50. The van der Waals surface area contributed by atoms with Crippen LogP contribution in [-0.4, -0.2) is 52.5 Å². The van der Waals surface area contributed by atoms with E-state index in [4.69, 9.17) is 4.74 Å². The highest BCUT2D eigenvalue weighted by Gasteiger charge is 2.36. The molecular formula is C18H21N3O8. The summed E-state index contributed by atoms with van der Waals surface area (Å²) in [5.74, 6) is -4.09. The van der Waals surface area contributed by atoms with Gasteiger partial charge in [0.25, 0.3) is 5.69 Å². The van der Waals surface area contributed by atoms with Gasteiger partial charge >= 0.3 is 11.9 Å². The van der Waals surface area contributed by atoms with Crippen LogP contribution in [0.5, 0.6) is 0 Å². The summed E-state index contributed by atoms with van der Waals surface area (Å²) < 4.78 is 4.89. The number of carbonyl (C=O) groups is 4. The second-order valence-corrected chi connectivity index (χ2v) is 6.45. The topological polar surface area (TPSA) is 165 Å². The van der Waals surface area contributed by atoms with Gasteiger partial charge in [-0.05, 0) is 18.9 Å². The average molecular weight is 407 g/mol. The Morgan fingerprint density at radius 3 is 2.48 bits per heavy atom. The monoisotopic (exact) mass is 407 g/mol. The number of ether oxygens (including phenoxy) is 1. The lowest BCUT2D eigenvalue weighted by atomic mass is 9.88. The number of esters is 1. The maximum atomic E-state index is 12.4. The molecule has 1 aromatic rings. The molecule has 11 heteroatoms. The second-order valence-electron chi connectivity index (χ2n) is 6.45. The Balaban J connectivity index is 2.30. The van der Waals surface area contributed by atoms with E-state index in [0.717, 1.165) is 0 Å². The number of amides is 2. The lowest BCUT2D eigenvalue weighted by Crippen LogP contribution is -2.51. The fourth-order valence-electron chi connectivity index (χ4n) is 3.07. The molecule has 1 saturated heterocycles. The standard InChI is InChI=1S/C18H21N3O8/c1-2-29-15(23)9-12(10-3-5-11(6-4-10)21(27)28)16(18(25)26)20-17(24)13-7-8-14(22)19-13/h3-6,12-13,16H,2,7-9H2,1H3,(H,19,22)(H,20,24)(H,25,26)/t12-,13+,16-/m0/s1. The van der Waals surface area contributed by atoms with Crippen LogP contribution in [0.2, 0.25) is 0 Å². The van der Waals surface area contributed by atoms with Crippen molar-refractivity contribution >= 4 is 29.4 Å². The van der Waals surface area contributed by atoms with Gasteiger partial charge < -0.3 is 20.5 Å². The summed E-state index contributed by atoms with van der Waals surface area (Å²) in [6, 6.07) is 2.68. The fourth-order valence-corrected chi connectivity index (χ4v) is 3.07. The van der Waals surface area contributed by atoms with Crippen molar-refractivity contribution in [3.8, 4) is 0 Å². The van der Waals surface area contributed by atoms with Crippen LogP contribution in [0, 0.1) is 10.1 Å². The van der Waals surface area contributed by atoms with Crippen molar-refractivity contribution in [2.45, 2.75) is 44.2 Å². The molecule has 3 N–H and O–H groups in total. The smallest absolute Gasteiger partial charge is 0.326 e. The highest BCUT2D eigenvalue weighted by Crippen LogP contribution is 2.27. The van der Waals surface area contributed by atoms with E-state index in [2.05, 4.69) is 10.6 Å². The Morgan fingerprint density at radius 1 is 1.34 bits per heavy atom. The van der Waals surface area contributed by atoms with Crippen molar-refractivity contribution in [1.29, 1.82) is 0 Å². The molecule has 0 aliphatic carbocycles. The number of nitrogens with zero attached hydrogens (tertiary/aromatic N) is 1. The molecule has 3 atom stereocenters. The highest BCUT2D eigenvalue weighted by atomic mass is 16.6. The Kier molecular flexibility index (Phi) is 7.23. The number of hydrogen-bond acceptors (Lipinski definition) is 7. The number of benzene rings is 1. The van der Waals surface area contributed by atoms with Crippen LogP contribution in [0.15, 0.2) is 24.3 Å². The van der Waals surface area contributed by atoms with Gasteiger partial charge in [-0.2, -0.15) is 0 Å². The SMILES string of the molecule is CCOC(=O)C[C@@H](c1ccc([N+](=O)[O-])cc1)[C@H](NC(=O)[C@H]1CCC(=O)N1)C(=O)O. The van der Waals surface area contributed by atoms with Gasteiger partial charge in [-0.1, -0.05) is 12.1 Å². The molecule has 2 amide bonds. The number of nitro groups is 1. The number of hydrogen-bond donors (Lipinski definition) is 3. The molecule has 1 aromatic carbocycles. The number of carboxylic acid groups (broad SMARTS) is 1. The largest absolute Gasteiger partial charge is 0.480 e. The molecule has 29 heavy (non-hydrogen) atoms. The first kappa shape index (κ1) is 21.8. The summed E-state index contributed by atoms with van der Waals surface area (Å²) in [4.78, 5) is 57.9. The molecule has 1 heterocycles. The zero-order valence-corrected chi connectivity index (χ0v) is 15.6. The summed E-state index contributed by atoms with van der Waals surface area (Å²) in [5, 5.41) is 25.3. The van der Waals surface area contributed by atoms with Crippen LogP contribution in [0.25, 0.3) is 0 Å². The van der Waals surface area contributed by atoms with E-state index < -0.39 is 40.8 Å². The first-order valence-electron chi connectivity index (χ1n) is 8.95. The summed E-state index contributed by atoms with van der Waals surface area (Å²) >= 11 is 0. The molecule has 1 aliphatic rings. The predicted octanol–water partition coefficient (Wildman–Crippen LogP) is 0.480. The van der Waals surface area contributed by atoms with Crippen molar-refractivity contribution in [3.63, 3.8) is 0 Å². The molecule has 0 unspecified atom stereocenters. The lowest BCUT2D eigenvalue weighted by molar-refractivity contribution is -0.384. The number of rotatable bonds is 9. The van der Waals surface area contributed by atoms with Gasteiger partial charge in [0.2, 0.25) is 11.8 Å². The molecule has 0 bridgehead atoms. The Labute approximate surface area is 165 Å². The van der Waals surface area contributed by atoms with E-state index >= 15 is 0 Å². The van der Waals surface area contributed by atoms with E-state index in [9.17, 15) is 34.4 Å². The molecule has 0 radical (unpaired) electrons. The minimum absolute atomic E-state index is 0.0873. The minimum Gasteiger partial charge on any atom is -0.480 e. The minimum atomic E-state index is -1.51.